The summed E-state index contributed by atoms with van der Waals surface area (Å²) in [7, 11) is 0. The molecular formula is C21H20. The minimum absolute atomic E-state index is 1.14. The first-order valence-electron chi connectivity index (χ1n) is 7.63. The fraction of sp³-hybridized carbons (Fsp3) is 0.143. The molecule has 0 saturated carbocycles. The van der Waals surface area contributed by atoms with E-state index in [9.17, 15) is 0 Å². The highest BCUT2D eigenvalue weighted by atomic mass is 14.0. The fourth-order valence-corrected chi connectivity index (χ4v) is 2.64. The first-order chi connectivity index (χ1) is 10.4. The molecule has 0 radical (unpaired) electrons. The van der Waals surface area contributed by atoms with Crippen molar-refractivity contribution in [2.45, 2.75) is 19.8 Å². The van der Waals surface area contributed by atoms with E-state index in [2.05, 4.69) is 85.8 Å². The van der Waals surface area contributed by atoms with Gasteiger partial charge in [-0.15, -0.1) is 0 Å². The van der Waals surface area contributed by atoms with Crippen LogP contribution in [0, 0.1) is 0 Å². The number of fused-ring (bicyclic) bond motifs is 2. The summed E-state index contributed by atoms with van der Waals surface area (Å²) in [6.45, 7) is 2.20. The van der Waals surface area contributed by atoms with E-state index in [1.807, 2.05) is 0 Å². The quantitative estimate of drug-likeness (QED) is 0.383. The summed E-state index contributed by atoms with van der Waals surface area (Å²) in [5.74, 6) is 0. The Balaban J connectivity index is 2.04. The molecule has 0 aliphatic carbocycles. The lowest BCUT2D eigenvalue weighted by atomic mass is 9.99. The van der Waals surface area contributed by atoms with E-state index in [1.165, 1.54) is 33.5 Å². The highest BCUT2D eigenvalue weighted by Crippen LogP contribution is 2.26. The normalized spacial score (nSPS) is 12.0. The zero-order valence-corrected chi connectivity index (χ0v) is 12.4. The van der Waals surface area contributed by atoms with Crippen LogP contribution in [0.3, 0.4) is 0 Å². The van der Waals surface area contributed by atoms with Crippen molar-refractivity contribution in [3.8, 4) is 0 Å². The predicted octanol–water partition coefficient (Wildman–Crippen LogP) is 6.36. The van der Waals surface area contributed by atoms with Gasteiger partial charge in [-0.25, -0.2) is 0 Å². The average molecular weight is 272 g/mol. The largest absolute Gasteiger partial charge is 0.0845 e. The molecule has 0 heteroatoms. The third-order valence-electron chi connectivity index (χ3n) is 3.76. The van der Waals surface area contributed by atoms with Gasteiger partial charge in [-0.1, -0.05) is 80.1 Å². The van der Waals surface area contributed by atoms with Crippen LogP contribution < -0.4 is 0 Å². The molecule has 0 nitrogen and oxygen atoms in total. The molecule has 21 heavy (non-hydrogen) atoms. The summed E-state index contributed by atoms with van der Waals surface area (Å²) in [5.41, 5.74) is 1.28. The highest BCUT2D eigenvalue weighted by Gasteiger charge is 2.00. The first-order valence-corrected chi connectivity index (χ1v) is 7.63. The number of rotatable bonds is 4. The van der Waals surface area contributed by atoms with Crippen LogP contribution in [-0.4, -0.2) is 0 Å². The molecule has 0 aromatic heterocycles. The summed E-state index contributed by atoms with van der Waals surface area (Å²) in [5, 5.41) is 5.21. The Hall–Kier alpha value is -2.34. The van der Waals surface area contributed by atoms with Crippen LogP contribution in [0.15, 0.2) is 72.8 Å². The summed E-state index contributed by atoms with van der Waals surface area (Å²) < 4.78 is 0. The molecule has 0 N–H and O–H groups in total. The van der Waals surface area contributed by atoms with Gasteiger partial charge in [0.2, 0.25) is 0 Å². The number of hydrogen-bond acceptors (Lipinski definition) is 0. The Morgan fingerprint density at radius 2 is 1.57 bits per heavy atom. The SMILES string of the molecule is CCCC=CC=Cc1cccc2cc3ccccc3cc12. The smallest absolute Gasteiger partial charge is 0.0105 e. The van der Waals surface area contributed by atoms with Crippen LogP contribution in [0.25, 0.3) is 27.6 Å². The average Bonchev–Trinajstić information content (AvgIpc) is 2.53. The monoisotopic (exact) mass is 272 g/mol. The molecule has 3 rings (SSSR count). The molecule has 0 spiro atoms. The number of unbranched alkanes of at least 4 members (excludes halogenated alkanes) is 1. The maximum absolute atomic E-state index is 2.29. The van der Waals surface area contributed by atoms with Gasteiger partial charge in [0.05, 0.1) is 0 Å². The van der Waals surface area contributed by atoms with Crippen molar-refractivity contribution >= 4 is 27.6 Å². The van der Waals surface area contributed by atoms with Crippen molar-refractivity contribution < 1.29 is 0 Å². The Morgan fingerprint density at radius 3 is 2.38 bits per heavy atom. The van der Waals surface area contributed by atoms with E-state index in [0.717, 1.165) is 6.42 Å². The summed E-state index contributed by atoms with van der Waals surface area (Å²) >= 11 is 0. The number of allylic oxidation sites excluding steroid dienone is 3. The van der Waals surface area contributed by atoms with Crippen molar-refractivity contribution in [1.82, 2.24) is 0 Å². The zero-order valence-electron chi connectivity index (χ0n) is 12.4. The van der Waals surface area contributed by atoms with E-state index in [0.29, 0.717) is 0 Å². The van der Waals surface area contributed by atoms with Gasteiger partial charge in [0.15, 0.2) is 0 Å². The molecule has 3 aromatic carbocycles. The van der Waals surface area contributed by atoms with Gasteiger partial charge >= 0.3 is 0 Å². The van der Waals surface area contributed by atoms with Crippen molar-refractivity contribution in [1.29, 1.82) is 0 Å². The molecule has 104 valence electrons. The number of benzene rings is 3. The van der Waals surface area contributed by atoms with E-state index in [-0.39, 0.29) is 0 Å². The van der Waals surface area contributed by atoms with E-state index in [4.69, 9.17) is 0 Å². The van der Waals surface area contributed by atoms with Crippen LogP contribution in [0.4, 0.5) is 0 Å². The van der Waals surface area contributed by atoms with Crippen LogP contribution in [0.5, 0.6) is 0 Å². The van der Waals surface area contributed by atoms with Crippen molar-refractivity contribution in [2.75, 3.05) is 0 Å². The maximum Gasteiger partial charge on any atom is -0.0105 e. The van der Waals surface area contributed by atoms with Crippen molar-refractivity contribution in [3.05, 3.63) is 78.4 Å². The van der Waals surface area contributed by atoms with Gasteiger partial charge < -0.3 is 0 Å². The molecule has 0 atom stereocenters. The third-order valence-corrected chi connectivity index (χ3v) is 3.76. The zero-order chi connectivity index (χ0) is 14.5. The molecule has 0 saturated heterocycles. The third kappa shape index (κ3) is 3.05. The lowest BCUT2D eigenvalue weighted by Crippen LogP contribution is -1.80. The Morgan fingerprint density at radius 1 is 0.810 bits per heavy atom. The van der Waals surface area contributed by atoms with Gasteiger partial charge in [-0.05, 0) is 45.7 Å². The first kappa shape index (κ1) is 13.6. The second-order valence-corrected chi connectivity index (χ2v) is 5.34. The van der Waals surface area contributed by atoms with E-state index >= 15 is 0 Å². The molecular weight excluding hydrogens is 252 g/mol. The Labute approximate surface area is 126 Å². The van der Waals surface area contributed by atoms with Crippen molar-refractivity contribution in [3.63, 3.8) is 0 Å². The lowest BCUT2D eigenvalue weighted by molar-refractivity contribution is 0.959. The van der Waals surface area contributed by atoms with Gasteiger partial charge in [0, 0.05) is 0 Å². The lowest BCUT2D eigenvalue weighted by Gasteiger charge is -2.05. The minimum Gasteiger partial charge on any atom is -0.0845 e. The van der Waals surface area contributed by atoms with Crippen LogP contribution in [-0.2, 0) is 0 Å². The maximum atomic E-state index is 2.29. The minimum atomic E-state index is 1.14. The Kier molecular flexibility index (Phi) is 4.16. The fourth-order valence-electron chi connectivity index (χ4n) is 2.64. The summed E-state index contributed by atoms with van der Waals surface area (Å²) in [4.78, 5) is 0. The Bertz CT molecular complexity index is 807. The van der Waals surface area contributed by atoms with Gasteiger partial charge in [-0.2, -0.15) is 0 Å². The van der Waals surface area contributed by atoms with Crippen LogP contribution >= 0.6 is 0 Å². The molecule has 0 heterocycles. The molecule has 0 amide bonds. The highest BCUT2D eigenvalue weighted by molar-refractivity contribution is 6.01. The topological polar surface area (TPSA) is 0 Å². The molecule has 0 unspecified atom stereocenters. The summed E-state index contributed by atoms with van der Waals surface area (Å²) in [6, 6.07) is 19.6. The summed E-state index contributed by atoms with van der Waals surface area (Å²) in [6.07, 6.45) is 11.0. The number of hydrogen-bond donors (Lipinski definition) is 0. The van der Waals surface area contributed by atoms with Gasteiger partial charge in [-0.3, -0.25) is 0 Å². The molecule has 0 aliphatic rings. The van der Waals surface area contributed by atoms with Crippen LogP contribution in [0.1, 0.15) is 25.3 Å². The molecule has 0 aliphatic heterocycles. The van der Waals surface area contributed by atoms with Gasteiger partial charge in [0.25, 0.3) is 0 Å². The van der Waals surface area contributed by atoms with Crippen molar-refractivity contribution in [2.24, 2.45) is 0 Å². The second-order valence-electron chi connectivity index (χ2n) is 5.34. The second kappa shape index (κ2) is 6.41. The van der Waals surface area contributed by atoms with Crippen LogP contribution in [0.2, 0.25) is 0 Å². The van der Waals surface area contributed by atoms with E-state index in [1.54, 1.807) is 0 Å². The standard InChI is InChI=1S/C21H20/c1-2-3-4-5-6-10-17-13-9-14-20-15-18-11-7-8-12-19(18)16-21(17)20/h4-16H,2-3H2,1H3. The van der Waals surface area contributed by atoms with E-state index < -0.39 is 0 Å². The molecule has 3 aromatic rings. The molecule has 0 fully saturated rings. The molecule has 0 bridgehead atoms. The van der Waals surface area contributed by atoms with Gasteiger partial charge in [0.1, 0.15) is 0 Å². The predicted molar refractivity (Wildman–Crippen MR) is 94.5 cm³/mol.